The minimum Gasteiger partial charge on any atom is -0.495 e. The van der Waals surface area contributed by atoms with E-state index >= 15 is 0 Å². The van der Waals surface area contributed by atoms with Gasteiger partial charge in [0.1, 0.15) is 23.1 Å². The molecule has 7 nitrogen and oxygen atoms in total. The largest absolute Gasteiger partial charge is 0.495 e. The van der Waals surface area contributed by atoms with Gasteiger partial charge in [0, 0.05) is 24.7 Å². The highest BCUT2D eigenvalue weighted by molar-refractivity contribution is 6.31. The molecule has 0 saturated carbocycles. The number of methoxy groups -OCH3 is 2. The Morgan fingerprint density at radius 3 is 2.75 bits per heavy atom. The van der Waals surface area contributed by atoms with Crippen LogP contribution in [0.5, 0.6) is 5.75 Å². The van der Waals surface area contributed by atoms with E-state index in [0.717, 1.165) is 0 Å². The lowest BCUT2D eigenvalue weighted by Gasteiger charge is -2.11. The Morgan fingerprint density at radius 2 is 2.04 bits per heavy atom. The van der Waals surface area contributed by atoms with Crippen molar-refractivity contribution >= 4 is 29.0 Å². The highest BCUT2D eigenvalue weighted by Gasteiger charge is 2.13. The highest BCUT2D eigenvalue weighted by atomic mass is 35.5. The normalized spacial score (nSPS) is 10.3. The molecule has 2 N–H and O–H groups in total. The van der Waals surface area contributed by atoms with Gasteiger partial charge < -0.3 is 20.1 Å². The van der Waals surface area contributed by atoms with Crippen LogP contribution in [-0.2, 0) is 4.74 Å². The number of halogens is 1. The third-order valence-corrected chi connectivity index (χ3v) is 3.33. The molecule has 1 heterocycles. The molecule has 1 aromatic heterocycles. The summed E-state index contributed by atoms with van der Waals surface area (Å²) in [5.41, 5.74) is 0.713. The summed E-state index contributed by atoms with van der Waals surface area (Å²) >= 11 is 5.97. The fraction of sp³-hybridized carbons (Fsp3) is 0.312. The van der Waals surface area contributed by atoms with Gasteiger partial charge >= 0.3 is 0 Å². The Balaban J connectivity index is 2.19. The molecule has 0 unspecified atom stereocenters. The molecule has 0 aliphatic heterocycles. The summed E-state index contributed by atoms with van der Waals surface area (Å²) in [4.78, 5) is 20.9. The summed E-state index contributed by atoms with van der Waals surface area (Å²) in [6.07, 6.45) is 0. The zero-order valence-electron chi connectivity index (χ0n) is 13.7. The first-order chi connectivity index (χ1) is 11.5. The monoisotopic (exact) mass is 350 g/mol. The van der Waals surface area contributed by atoms with Crippen LogP contribution in [0.15, 0.2) is 24.3 Å². The maximum absolute atomic E-state index is 12.5. The first-order valence-corrected chi connectivity index (χ1v) is 7.64. The third-order valence-electron chi connectivity index (χ3n) is 3.09. The standard InChI is InChI=1S/C16H19ClN4O3/c1-10-19-13(9-15(20-10)18-6-7-23-2)16(22)21-12-8-11(17)4-5-14(12)24-3/h4-5,8-9H,6-7H2,1-3H3,(H,21,22)(H,18,19,20). The van der Waals surface area contributed by atoms with Crippen molar-refractivity contribution < 1.29 is 14.3 Å². The maximum atomic E-state index is 12.5. The first-order valence-electron chi connectivity index (χ1n) is 7.27. The Kier molecular flexibility index (Phi) is 6.34. The van der Waals surface area contributed by atoms with Crippen molar-refractivity contribution in [3.05, 3.63) is 40.8 Å². The van der Waals surface area contributed by atoms with Gasteiger partial charge in [-0.1, -0.05) is 11.6 Å². The van der Waals surface area contributed by atoms with Gasteiger partial charge in [-0.25, -0.2) is 9.97 Å². The molecule has 0 atom stereocenters. The number of hydrogen-bond donors (Lipinski definition) is 2. The average Bonchev–Trinajstić information content (AvgIpc) is 2.55. The smallest absolute Gasteiger partial charge is 0.274 e. The minimum absolute atomic E-state index is 0.240. The predicted octanol–water partition coefficient (Wildman–Crippen LogP) is 2.76. The third kappa shape index (κ3) is 4.81. The van der Waals surface area contributed by atoms with Crippen molar-refractivity contribution in [2.24, 2.45) is 0 Å². The van der Waals surface area contributed by atoms with E-state index in [2.05, 4.69) is 20.6 Å². The van der Waals surface area contributed by atoms with Crippen LogP contribution in [0.2, 0.25) is 5.02 Å². The molecule has 0 saturated heterocycles. The number of rotatable bonds is 7. The van der Waals surface area contributed by atoms with Crippen molar-refractivity contribution in [1.29, 1.82) is 0 Å². The zero-order chi connectivity index (χ0) is 17.5. The van der Waals surface area contributed by atoms with Crippen molar-refractivity contribution in [3.8, 4) is 5.75 Å². The Morgan fingerprint density at radius 1 is 1.25 bits per heavy atom. The molecule has 2 aromatic rings. The fourth-order valence-electron chi connectivity index (χ4n) is 2.02. The fourth-order valence-corrected chi connectivity index (χ4v) is 2.19. The molecular formula is C16H19ClN4O3. The van der Waals surface area contributed by atoms with E-state index in [9.17, 15) is 4.79 Å². The second-order valence-electron chi connectivity index (χ2n) is 4.90. The van der Waals surface area contributed by atoms with E-state index in [1.165, 1.54) is 7.11 Å². The first kappa shape index (κ1) is 18.0. The molecule has 1 aromatic carbocycles. The van der Waals surface area contributed by atoms with Crippen LogP contribution in [0, 0.1) is 6.92 Å². The van der Waals surface area contributed by atoms with E-state index < -0.39 is 0 Å². The Bertz CT molecular complexity index is 724. The molecule has 0 bridgehead atoms. The topological polar surface area (TPSA) is 85.4 Å². The van der Waals surface area contributed by atoms with E-state index in [1.54, 1.807) is 38.3 Å². The van der Waals surface area contributed by atoms with Crippen molar-refractivity contribution in [2.45, 2.75) is 6.92 Å². The second-order valence-corrected chi connectivity index (χ2v) is 5.34. The molecule has 8 heteroatoms. The summed E-state index contributed by atoms with van der Waals surface area (Å²) in [7, 11) is 3.13. The number of ether oxygens (including phenoxy) is 2. The van der Waals surface area contributed by atoms with Gasteiger partial charge in [0.2, 0.25) is 0 Å². The maximum Gasteiger partial charge on any atom is 0.274 e. The van der Waals surface area contributed by atoms with Crippen LogP contribution in [0.3, 0.4) is 0 Å². The molecule has 0 aliphatic carbocycles. The van der Waals surface area contributed by atoms with Gasteiger partial charge in [-0.2, -0.15) is 0 Å². The van der Waals surface area contributed by atoms with Crippen molar-refractivity contribution in [3.63, 3.8) is 0 Å². The van der Waals surface area contributed by atoms with Gasteiger partial charge in [0.05, 0.1) is 19.4 Å². The molecule has 0 fully saturated rings. The van der Waals surface area contributed by atoms with Gasteiger partial charge in [-0.15, -0.1) is 0 Å². The number of nitrogens with zero attached hydrogens (tertiary/aromatic N) is 2. The predicted molar refractivity (Wildman–Crippen MR) is 93.1 cm³/mol. The summed E-state index contributed by atoms with van der Waals surface area (Å²) in [5, 5.41) is 6.32. The molecule has 24 heavy (non-hydrogen) atoms. The van der Waals surface area contributed by atoms with Gasteiger partial charge in [-0.05, 0) is 25.1 Å². The lowest BCUT2D eigenvalue weighted by Crippen LogP contribution is -2.17. The minimum atomic E-state index is -0.379. The number of anilines is 2. The molecule has 1 amide bonds. The number of aryl methyl sites for hydroxylation is 1. The number of carbonyl (C=O) groups is 1. The van der Waals surface area contributed by atoms with Crippen LogP contribution in [0.4, 0.5) is 11.5 Å². The van der Waals surface area contributed by atoms with Crippen LogP contribution >= 0.6 is 11.6 Å². The molecule has 2 rings (SSSR count). The average molecular weight is 351 g/mol. The number of benzene rings is 1. The second kappa shape index (κ2) is 8.47. The van der Waals surface area contributed by atoms with Crippen LogP contribution in [-0.4, -0.2) is 43.2 Å². The lowest BCUT2D eigenvalue weighted by atomic mass is 10.2. The summed E-state index contributed by atoms with van der Waals surface area (Å²) in [6, 6.07) is 6.56. The summed E-state index contributed by atoms with van der Waals surface area (Å²) in [5.74, 6) is 1.18. The lowest BCUT2D eigenvalue weighted by molar-refractivity contribution is 0.102. The molecule has 128 valence electrons. The number of carbonyl (C=O) groups excluding carboxylic acids is 1. The van der Waals surface area contributed by atoms with Crippen LogP contribution < -0.4 is 15.4 Å². The van der Waals surface area contributed by atoms with E-state index in [0.29, 0.717) is 41.3 Å². The van der Waals surface area contributed by atoms with Gasteiger partial charge in [0.25, 0.3) is 5.91 Å². The number of nitrogens with one attached hydrogen (secondary N) is 2. The van der Waals surface area contributed by atoms with Crippen molar-refractivity contribution in [2.75, 3.05) is 38.0 Å². The quantitative estimate of drug-likeness (QED) is 0.747. The zero-order valence-corrected chi connectivity index (χ0v) is 14.5. The van der Waals surface area contributed by atoms with Crippen LogP contribution in [0.25, 0.3) is 0 Å². The molecule has 0 aliphatic rings. The van der Waals surface area contributed by atoms with E-state index in [1.807, 2.05) is 0 Å². The number of hydrogen-bond acceptors (Lipinski definition) is 6. The number of aromatic nitrogens is 2. The van der Waals surface area contributed by atoms with Crippen molar-refractivity contribution in [1.82, 2.24) is 9.97 Å². The molecule has 0 radical (unpaired) electrons. The van der Waals surface area contributed by atoms with Gasteiger partial charge in [-0.3, -0.25) is 4.79 Å². The van der Waals surface area contributed by atoms with E-state index in [-0.39, 0.29) is 11.6 Å². The Labute approximate surface area is 145 Å². The molecular weight excluding hydrogens is 332 g/mol. The number of amides is 1. The Hall–Kier alpha value is -2.38. The molecule has 0 spiro atoms. The summed E-state index contributed by atoms with van der Waals surface area (Å²) < 4.78 is 10.2. The SMILES string of the molecule is COCCNc1cc(C(=O)Nc2cc(Cl)ccc2OC)nc(C)n1. The highest BCUT2D eigenvalue weighted by Crippen LogP contribution is 2.28. The van der Waals surface area contributed by atoms with Gasteiger partial charge in [0.15, 0.2) is 0 Å². The summed E-state index contributed by atoms with van der Waals surface area (Å²) in [6.45, 7) is 2.83. The van der Waals surface area contributed by atoms with E-state index in [4.69, 9.17) is 21.1 Å². The van der Waals surface area contributed by atoms with Crippen LogP contribution in [0.1, 0.15) is 16.3 Å².